The molecule has 10 nitrogen and oxygen atoms in total. The Morgan fingerprint density at radius 3 is 2.06 bits per heavy atom. The smallest absolute Gasteiger partial charge is 0.270 e. The standard InChI is InChI=1S/C23H25N3O7/c1-11(2)18(23(30)26-21(28)13-7-6-8-14(24)17(13)22(26)29)25-20(27)12-9-15(31-3)19(33-5)16(10-12)32-4/h6-11,18H,24H2,1-5H3,(H,25,27)/t18-/m1/s1. The molecule has 0 aliphatic carbocycles. The van der Waals surface area contributed by atoms with Gasteiger partial charge in [0.15, 0.2) is 11.5 Å². The Bertz CT molecular complexity index is 1120. The molecule has 1 heterocycles. The number of nitrogens with two attached hydrogens (primary N) is 1. The Hall–Kier alpha value is -4.08. The monoisotopic (exact) mass is 455 g/mol. The van der Waals surface area contributed by atoms with E-state index in [-0.39, 0.29) is 33.9 Å². The maximum absolute atomic E-state index is 13.3. The number of imide groups is 3. The Kier molecular flexibility index (Phi) is 6.57. The Morgan fingerprint density at radius 2 is 1.58 bits per heavy atom. The summed E-state index contributed by atoms with van der Waals surface area (Å²) >= 11 is 0. The fraction of sp³-hybridized carbons (Fsp3) is 0.304. The van der Waals surface area contributed by atoms with Crippen LogP contribution in [0.5, 0.6) is 17.2 Å². The highest BCUT2D eigenvalue weighted by Crippen LogP contribution is 2.38. The lowest BCUT2D eigenvalue weighted by molar-refractivity contribution is -0.129. The maximum atomic E-state index is 13.3. The molecule has 174 valence electrons. The number of nitrogens with zero attached hydrogens (tertiary/aromatic N) is 1. The molecule has 2 aromatic carbocycles. The predicted octanol–water partition coefficient (Wildman–Crippen LogP) is 1.87. The molecule has 0 radical (unpaired) electrons. The zero-order valence-electron chi connectivity index (χ0n) is 18.9. The molecule has 0 unspecified atom stereocenters. The van der Waals surface area contributed by atoms with Crippen LogP contribution >= 0.6 is 0 Å². The molecule has 1 aliphatic heterocycles. The van der Waals surface area contributed by atoms with Crippen LogP contribution in [0, 0.1) is 5.92 Å². The van der Waals surface area contributed by atoms with Gasteiger partial charge >= 0.3 is 0 Å². The van der Waals surface area contributed by atoms with Crippen LogP contribution in [0.1, 0.15) is 44.9 Å². The molecule has 0 bridgehead atoms. The van der Waals surface area contributed by atoms with Gasteiger partial charge in [0.25, 0.3) is 23.6 Å². The van der Waals surface area contributed by atoms with Crippen molar-refractivity contribution in [2.45, 2.75) is 19.9 Å². The number of rotatable bonds is 7. The first kappa shape index (κ1) is 23.6. The van der Waals surface area contributed by atoms with Crippen molar-refractivity contribution < 1.29 is 33.4 Å². The fourth-order valence-corrected chi connectivity index (χ4v) is 3.60. The van der Waals surface area contributed by atoms with Crippen LogP contribution in [0.25, 0.3) is 0 Å². The first-order valence-electron chi connectivity index (χ1n) is 10.1. The predicted molar refractivity (Wildman–Crippen MR) is 119 cm³/mol. The lowest BCUT2D eigenvalue weighted by Gasteiger charge is -2.25. The highest BCUT2D eigenvalue weighted by molar-refractivity contribution is 6.31. The number of fused-ring (bicyclic) bond motifs is 1. The number of methoxy groups -OCH3 is 3. The van der Waals surface area contributed by atoms with Crippen molar-refractivity contribution >= 4 is 29.3 Å². The summed E-state index contributed by atoms with van der Waals surface area (Å²) in [5.41, 5.74) is 6.11. The van der Waals surface area contributed by atoms with E-state index in [4.69, 9.17) is 19.9 Å². The van der Waals surface area contributed by atoms with Gasteiger partial charge in [0.2, 0.25) is 5.75 Å². The van der Waals surface area contributed by atoms with E-state index < -0.39 is 35.6 Å². The summed E-state index contributed by atoms with van der Waals surface area (Å²) in [6, 6.07) is 6.13. The summed E-state index contributed by atoms with van der Waals surface area (Å²) in [5.74, 6) is -2.70. The van der Waals surface area contributed by atoms with E-state index in [0.717, 1.165) is 0 Å². The molecule has 10 heteroatoms. The quantitative estimate of drug-likeness (QED) is 0.477. The zero-order valence-corrected chi connectivity index (χ0v) is 18.9. The summed E-state index contributed by atoms with van der Waals surface area (Å²) < 4.78 is 15.8. The van der Waals surface area contributed by atoms with E-state index in [1.54, 1.807) is 13.8 Å². The Labute approximate surface area is 190 Å². The van der Waals surface area contributed by atoms with Gasteiger partial charge in [-0.05, 0) is 30.2 Å². The van der Waals surface area contributed by atoms with Crippen LogP contribution < -0.4 is 25.3 Å². The number of amides is 4. The Morgan fingerprint density at radius 1 is 0.970 bits per heavy atom. The van der Waals surface area contributed by atoms with Gasteiger partial charge in [0.1, 0.15) is 6.04 Å². The highest BCUT2D eigenvalue weighted by Gasteiger charge is 2.44. The van der Waals surface area contributed by atoms with Crippen LogP contribution in [-0.4, -0.2) is 55.9 Å². The van der Waals surface area contributed by atoms with Gasteiger partial charge in [-0.2, -0.15) is 0 Å². The third kappa shape index (κ3) is 4.07. The molecular weight excluding hydrogens is 430 g/mol. The number of nitrogens with one attached hydrogen (secondary N) is 1. The van der Waals surface area contributed by atoms with Crippen molar-refractivity contribution in [2.24, 2.45) is 5.92 Å². The molecule has 0 aromatic heterocycles. The highest BCUT2D eigenvalue weighted by atomic mass is 16.5. The van der Waals surface area contributed by atoms with Crippen molar-refractivity contribution in [1.29, 1.82) is 0 Å². The summed E-state index contributed by atoms with van der Waals surface area (Å²) in [5, 5.41) is 2.61. The number of nitrogen functional groups attached to an aromatic ring is 1. The molecule has 0 spiro atoms. The fourth-order valence-electron chi connectivity index (χ4n) is 3.60. The number of hydrogen-bond acceptors (Lipinski definition) is 8. The van der Waals surface area contributed by atoms with E-state index in [1.165, 1.54) is 51.7 Å². The van der Waals surface area contributed by atoms with Gasteiger partial charge in [-0.15, -0.1) is 0 Å². The molecule has 0 saturated heterocycles. The van der Waals surface area contributed by atoms with Crippen molar-refractivity contribution in [1.82, 2.24) is 10.2 Å². The van der Waals surface area contributed by atoms with Gasteiger partial charge in [0.05, 0.1) is 32.5 Å². The first-order chi connectivity index (χ1) is 15.7. The van der Waals surface area contributed by atoms with E-state index in [0.29, 0.717) is 10.6 Å². The van der Waals surface area contributed by atoms with Crippen LogP contribution in [0.15, 0.2) is 30.3 Å². The summed E-state index contributed by atoms with van der Waals surface area (Å²) in [7, 11) is 4.25. The minimum absolute atomic E-state index is 0.0192. The number of carbonyl (C=O) groups is 4. The average molecular weight is 455 g/mol. The average Bonchev–Trinajstić information content (AvgIpc) is 3.06. The number of carbonyl (C=O) groups excluding carboxylic acids is 4. The molecule has 4 amide bonds. The first-order valence-corrected chi connectivity index (χ1v) is 10.1. The second-order valence-corrected chi connectivity index (χ2v) is 7.66. The summed E-state index contributed by atoms with van der Waals surface area (Å²) in [4.78, 5) is 52.4. The topological polar surface area (TPSA) is 137 Å². The van der Waals surface area contributed by atoms with Crippen LogP contribution in [-0.2, 0) is 4.79 Å². The van der Waals surface area contributed by atoms with Gasteiger partial charge in [-0.3, -0.25) is 19.2 Å². The largest absolute Gasteiger partial charge is 0.493 e. The Balaban J connectivity index is 1.91. The molecular formula is C23H25N3O7. The number of benzene rings is 2. The summed E-state index contributed by atoms with van der Waals surface area (Å²) in [6.45, 7) is 3.37. The minimum atomic E-state index is -1.17. The lowest BCUT2D eigenvalue weighted by Crippen LogP contribution is -2.52. The van der Waals surface area contributed by atoms with Gasteiger partial charge < -0.3 is 25.3 Å². The van der Waals surface area contributed by atoms with Crippen molar-refractivity contribution in [2.75, 3.05) is 27.1 Å². The van der Waals surface area contributed by atoms with Crippen molar-refractivity contribution in [3.8, 4) is 17.2 Å². The molecule has 3 N–H and O–H groups in total. The lowest BCUT2D eigenvalue weighted by atomic mass is 10.0. The molecule has 0 fully saturated rings. The molecule has 2 aromatic rings. The number of hydrogen-bond donors (Lipinski definition) is 2. The van der Waals surface area contributed by atoms with Crippen molar-refractivity contribution in [3.05, 3.63) is 47.0 Å². The number of anilines is 1. The molecule has 3 rings (SSSR count). The van der Waals surface area contributed by atoms with Crippen molar-refractivity contribution in [3.63, 3.8) is 0 Å². The van der Waals surface area contributed by atoms with Crippen LogP contribution in [0.4, 0.5) is 5.69 Å². The molecule has 0 saturated carbocycles. The number of ether oxygens (including phenoxy) is 3. The maximum Gasteiger partial charge on any atom is 0.270 e. The molecule has 33 heavy (non-hydrogen) atoms. The third-order valence-corrected chi connectivity index (χ3v) is 5.31. The van der Waals surface area contributed by atoms with E-state index in [2.05, 4.69) is 5.32 Å². The van der Waals surface area contributed by atoms with E-state index >= 15 is 0 Å². The van der Waals surface area contributed by atoms with E-state index in [1.807, 2.05) is 0 Å². The van der Waals surface area contributed by atoms with Gasteiger partial charge in [-0.25, -0.2) is 4.90 Å². The second kappa shape index (κ2) is 9.19. The minimum Gasteiger partial charge on any atom is -0.493 e. The molecule has 1 aliphatic rings. The van der Waals surface area contributed by atoms with Crippen LogP contribution in [0.2, 0.25) is 0 Å². The van der Waals surface area contributed by atoms with Crippen LogP contribution in [0.3, 0.4) is 0 Å². The third-order valence-electron chi connectivity index (χ3n) is 5.31. The molecule has 1 atom stereocenters. The van der Waals surface area contributed by atoms with Gasteiger partial charge in [-0.1, -0.05) is 19.9 Å². The summed E-state index contributed by atoms with van der Waals surface area (Å²) in [6.07, 6.45) is 0. The second-order valence-electron chi connectivity index (χ2n) is 7.66. The zero-order chi connectivity index (χ0) is 24.4. The van der Waals surface area contributed by atoms with E-state index in [9.17, 15) is 19.2 Å². The normalized spacial score (nSPS) is 13.6. The SMILES string of the molecule is COc1cc(C(=O)N[C@@H](C(=O)N2C(=O)c3cccc(N)c3C2=O)C(C)C)cc(OC)c1OC. The van der Waals surface area contributed by atoms with Gasteiger partial charge in [0, 0.05) is 11.3 Å².